The maximum Gasteiger partial charge on any atom is 0.573 e. The Balaban J connectivity index is 2.02. The second kappa shape index (κ2) is 4.91. The van der Waals surface area contributed by atoms with E-state index < -0.39 is 12.1 Å². The molecule has 1 fully saturated rings. The molecular formula is C14H10F3NO3. The maximum absolute atomic E-state index is 12.4. The third kappa shape index (κ3) is 2.91. The number of para-hydroxylation sites is 1. The number of halogens is 3. The van der Waals surface area contributed by atoms with Gasteiger partial charge in [-0.2, -0.15) is 0 Å². The van der Waals surface area contributed by atoms with Crippen molar-refractivity contribution in [2.45, 2.75) is 25.1 Å². The zero-order valence-corrected chi connectivity index (χ0v) is 10.7. The lowest BCUT2D eigenvalue weighted by Gasteiger charge is -2.11. The molecule has 0 atom stereocenters. The van der Waals surface area contributed by atoms with Crippen LogP contribution in [0.3, 0.4) is 0 Å². The van der Waals surface area contributed by atoms with E-state index in [2.05, 4.69) is 9.72 Å². The summed E-state index contributed by atoms with van der Waals surface area (Å²) in [5.41, 5.74) is 0.194. The highest BCUT2D eigenvalue weighted by molar-refractivity contribution is 5.76. The van der Waals surface area contributed by atoms with Crippen molar-refractivity contribution >= 4 is 6.29 Å². The number of oxazole rings is 1. The minimum atomic E-state index is -4.81. The van der Waals surface area contributed by atoms with Crippen molar-refractivity contribution in [3.8, 4) is 17.2 Å². The summed E-state index contributed by atoms with van der Waals surface area (Å²) in [6.07, 6.45) is -2.49. The fourth-order valence-corrected chi connectivity index (χ4v) is 2.04. The lowest BCUT2D eigenvalue weighted by atomic mass is 10.2. The second-order valence-corrected chi connectivity index (χ2v) is 4.70. The van der Waals surface area contributed by atoms with E-state index in [0.717, 1.165) is 12.8 Å². The van der Waals surface area contributed by atoms with Gasteiger partial charge >= 0.3 is 6.36 Å². The molecule has 0 saturated heterocycles. The largest absolute Gasteiger partial charge is 0.573 e. The molecule has 21 heavy (non-hydrogen) atoms. The van der Waals surface area contributed by atoms with Gasteiger partial charge in [-0.25, -0.2) is 4.98 Å². The molecule has 1 aliphatic rings. The Morgan fingerprint density at radius 3 is 2.62 bits per heavy atom. The number of aldehydes is 1. The van der Waals surface area contributed by atoms with E-state index in [-0.39, 0.29) is 23.1 Å². The van der Waals surface area contributed by atoms with Crippen LogP contribution in [0.25, 0.3) is 11.5 Å². The fourth-order valence-electron chi connectivity index (χ4n) is 2.04. The highest BCUT2D eigenvalue weighted by Gasteiger charge is 2.34. The SMILES string of the molecule is O=Cc1nc(-c2ccccc2OC(F)(F)F)oc1C1CC1. The first-order valence-electron chi connectivity index (χ1n) is 6.29. The van der Waals surface area contributed by atoms with Gasteiger partial charge in [-0.05, 0) is 25.0 Å². The van der Waals surface area contributed by atoms with Crippen LogP contribution in [0.5, 0.6) is 5.75 Å². The highest BCUT2D eigenvalue weighted by atomic mass is 19.4. The van der Waals surface area contributed by atoms with Gasteiger partial charge in [0, 0.05) is 5.92 Å². The minimum Gasteiger partial charge on any atom is -0.440 e. The van der Waals surface area contributed by atoms with E-state index in [9.17, 15) is 18.0 Å². The lowest BCUT2D eigenvalue weighted by molar-refractivity contribution is -0.274. The molecule has 1 aromatic carbocycles. The van der Waals surface area contributed by atoms with Crippen molar-refractivity contribution in [3.63, 3.8) is 0 Å². The number of aromatic nitrogens is 1. The number of carbonyl (C=O) groups is 1. The van der Waals surface area contributed by atoms with Crippen LogP contribution < -0.4 is 4.74 Å². The summed E-state index contributed by atoms with van der Waals surface area (Å²) in [4.78, 5) is 15.0. The summed E-state index contributed by atoms with van der Waals surface area (Å²) in [6.45, 7) is 0. The normalized spacial score (nSPS) is 15.0. The standard InChI is InChI=1S/C14H10F3NO3/c15-14(16,17)21-11-4-2-1-3-9(11)13-18-10(7-19)12(20-13)8-5-6-8/h1-4,7-8H,5-6H2. The van der Waals surface area contributed by atoms with Gasteiger partial charge in [0.1, 0.15) is 17.2 Å². The molecule has 1 heterocycles. The van der Waals surface area contributed by atoms with Crippen LogP contribution in [0.15, 0.2) is 28.7 Å². The molecular weight excluding hydrogens is 287 g/mol. The zero-order chi connectivity index (χ0) is 15.0. The van der Waals surface area contributed by atoms with Gasteiger partial charge in [0.05, 0.1) is 5.56 Å². The van der Waals surface area contributed by atoms with Gasteiger partial charge < -0.3 is 9.15 Å². The minimum absolute atomic E-state index is 0.0427. The van der Waals surface area contributed by atoms with E-state index in [1.54, 1.807) is 6.07 Å². The van der Waals surface area contributed by atoms with Crippen LogP contribution in [0.1, 0.15) is 35.0 Å². The Labute approximate surface area is 117 Å². The molecule has 0 aliphatic heterocycles. The number of hydrogen-bond acceptors (Lipinski definition) is 4. The summed E-state index contributed by atoms with van der Waals surface area (Å²) in [5.74, 6) is 0.105. The van der Waals surface area contributed by atoms with E-state index >= 15 is 0 Å². The second-order valence-electron chi connectivity index (χ2n) is 4.70. The van der Waals surface area contributed by atoms with E-state index in [1.165, 1.54) is 18.2 Å². The van der Waals surface area contributed by atoms with Crippen LogP contribution in [0.2, 0.25) is 0 Å². The van der Waals surface area contributed by atoms with Crippen molar-refractivity contribution in [2.75, 3.05) is 0 Å². The van der Waals surface area contributed by atoms with Crippen molar-refractivity contribution < 1.29 is 27.1 Å². The van der Waals surface area contributed by atoms with Gasteiger partial charge in [0.25, 0.3) is 0 Å². The average molecular weight is 297 g/mol. The molecule has 1 aliphatic carbocycles. The molecule has 2 aromatic rings. The first-order valence-corrected chi connectivity index (χ1v) is 6.29. The summed E-state index contributed by atoms with van der Waals surface area (Å²) < 4.78 is 46.6. The third-order valence-corrected chi connectivity index (χ3v) is 3.08. The van der Waals surface area contributed by atoms with Crippen molar-refractivity contribution in [1.29, 1.82) is 0 Å². The van der Waals surface area contributed by atoms with Gasteiger partial charge in [-0.3, -0.25) is 4.79 Å². The quantitative estimate of drug-likeness (QED) is 0.802. The van der Waals surface area contributed by atoms with E-state index in [1.807, 2.05) is 0 Å². The van der Waals surface area contributed by atoms with E-state index in [4.69, 9.17) is 4.42 Å². The Bertz CT molecular complexity index is 674. The first kappa shape index (κ1) is 13.7. The van der Waals surface area contributed by atoms with Gasteiger partial charge in [-0.15, -0.1) is 13.2 Å². The fraction of sp³-hybridized carbons (Fsp3) is 0.286. The summed E-state index contributed by atoms with van der Waals surface area (Å²) in [7, 11) is 0. The molecule has 0 N–H and O–H groups in total. The van der Waals surface area contributed by atoms with Gasteiger partial charge in [-0.1, -0.05) is 12.1 Å². The Morgan fingerprint density at radius 2 is 2.00 bits per heavy atom. The molecule has 0 radical (unpaired) electrons. The summed E-state index contributed by atoms with van der Waals surface area (Å²) in [6, 6.07) is 5.53. The monoisotopic (exact) mass is 297 g/mol. The number of benzene rings is 1. The van der Waals surface area contributed by atoms with Crippen LogP contribution in [0.4, 0.5) is 13.2 Å². The predicted molar refractivity (Wildman–Crippen MR) is 66.0 cm³/mol. The number of carbonyl (C=O) groups excluding carboxylic acids is 1. The summed E-state index contributed by atoms with van der Waals surface area (Å²) in [5, 5.41) is 0. The molecule has 0 unspecified atom stereocenters. The molecule has 1 aromatic heterocycles. The molecule has 1 saturated carbocycles. The van der Waals surface area contributed by atoms with Crippen molar-refractivity contribution in [1.82, 2.24) is 4.98 Å². The van der Waals surface area contributed by atoms with Crippen LogP contribution >= 0.6 is 0 Å². The smallest absolute Gasteiger partial charge is 0.440 e. The van der Waals surface area contributed by atoms with Crippen molar-refractivity contribution in [2.24, 2.45) is 0 Å². The molecule has 110 valence electrons. The van der Waals surface area contributed by atoms with Crippen LogP contribution in [-0.4, -0.2) is 17.6 Å². The van der Waals surface area contributed by atoms with Gasteiger partial charge in [0.2, 0.25) is 5.89 Å². The number of alkyl halides is 3. The molecule has 4 nitrogen and oxygen atoms in total. The van der Waals surface area contributed by atoms with Crippen LogP contribution in [-0.2, 0) is 0 Å². The number of hydrogen-bond donors (Lipinski definition) is 0. The first-order chi connectivity index (χ1) is 9.98. The zero-order valence-electron chi connectivity index (χ0n) is 10.7. The predicted octanol–water partition coefficient (Wildman–Crippen LogP) is 3.93. The Morgan fingerprint density at radius 1 is 1.29 bits per heavy atom. The number of rotatable bonds is 4. The highest BCUT2D eigenvalue weighted by Crippen LogP contribution is 2.43. The lowest BCUT2D eigenvalue weighted by Crippen LogP contribution is -2.17. The Kier molecular flexibility index (Phi) is 3.19. The third-order valence-electron chi connectivity index (χ3n) is 3.08. The summed E-state index contributed by atoms with van der Waals surface area (Å²) >= 11 is 0. The molecule has 0 amide bonds. The molecule has 0 bridgehead atoms. The maximum atomic E-state index is 12.4. The Hall–Kier alpha value is -2.31. The topological polar surface area (TPSA) is 52.3 Å². The van der Waals surface area contributed by atoms with Gasteiger partial charge in [0.15, 0.2) is 6.29 Å². The molecule has 3 rings (SSSR count). The molecule has 7 heteroatoms. The average Bonchev–Trinajstić information content (AvgIpc) is 3.17. The van der Waals surface area contributed by atoms with E-state index in [0.29, 0.717) is 12.0 Å². The number of ether oxygens (including phenoxy) is 1. The van der Waals surface area contributed by atoms with Crippen molar-refractivity contribution in [3.05, 3.63) is 35.7 Å². The number of nitrogens with zero attached hydrogens (tertiary/aromatic N) is 1. The van der Waals surface area contributed by atoms with Crippen LogP contribution in [0, 0.1) is 0 Å². The molecule has 0 spiro atoms.